The molecule has 0 unspecified atom stereocenters. The van der Waals surface area contributed by atoms with Gasteiger partial charge in [-0.25, -0.2) is 0 Å². The highest BCUT2D eigenvalue weighted by Gasteiger charge is 2.13. The van der Waals surface area contributed by atoms with Crippen molar-refractivity contribution in [1.29, 1.82) is 0 Å². The van der Waals surface area contributed by atoms with E-state index in [4.69, 9.17) is 14.2 Å². The van der Waals surface area contributed by atoms with Crippen molar-refractivity contribution < 1.29 is 14.2 Å². The van der Waals surface area contributed by atoms with Gasteiger partial charge in [0.05, 0.1) is 7.11 Å². The molecule has 0 aromatic heterocycles. The highest BCUT2D eigenvalue weighted by atomic mass is 79.9. The summed E-state index contributed by atoms with van der Waals surface area (Å²) in [4.78, 5) is 0. The van der Waals surface area contributed by atoms with Gasteiger partial charge in [0.15, 0.2) is 18.3 Å². The van der Waals surface area contributed by atoms with E-state index < -0.39 is 8.07 Å². The topological polar surface area (TPSA) is 27.7 Å². The zero-order valence-corrected chi connectivity index (χ0v) is 15.0. The Morgan fingerprint density at radius 1 is 1.21 bits per heavy atom. The van der Waals surface area contributed by atoms with Gasteiger partial charge in [-0.05, 0) is 25.1 Å². The van der Waals surface area contributed by atoms with E-state index in [1.807, 2.05) is 19.1 Å². The molecule has 0 saturated heterocycles. The second-order valence-corrected chi connectivity index (χ2v) is 12.2. The van der Waals surface area contributed by atoms with Crippen LogP contribution in [0.15, 0.2) is 16.6 Å². The lowest BCUT2D eigenvalue weighted by Crippen LogP contribution is -2.22. The summed E-state index contributed by atoms with van der Waals surface area (Å²) in [7, 11) is 0.614. The number of rotatable bonds is 7. The number of halogens is 1. The SMILES string of the molecule is COc1c(OCOCC[Si](C)(C)C)ccc(Br)c1C. The molecule has 0 radical (unpaired) electrons. The van der Waals surface area contributed by atoms with E-state index in [1.54, 1.807) is 7.11 Å². The van der Waals surface area contributed by atoms with Crippen molar-refractivity contribution in [2.45, 2.75) is 32.6 Å². The number of ether oxygens (including phenoxy) is 3. The smallest absolute Gasteiger partial charge is 0.189 e. The Labute approximate surface area is 125 Å². The standard InChI is InChI=1S/C14H23BrO3Si/c1-11-12(15)6-7-13(14(11)16-2)18-10-17-8-9-19(3,4)5/h6-7H,8-10H2,1-5H3. The van der Waals surface area contributed by atoms with Gasteiger partial charge in [-0.2, -0.15) is 0 Å². The van der Waals surface area contributed by atoms with Crippen LogP contribution in [0.2, 0.25) is 25.7 Å². The van der Waals surface area contributed by atoms with Crippen LogP contribution in [-0.2, 0) is 4.74 Å². The second-order valence-electron chi connectivity index (χ2n) is 5.68. The molecule has 19 heavy (non-hydrogen) atoms. The summed E-state index contributed by atoms with van der Waals surface area (Å²) in [6, 6.07) is 4.99. The Balaban J connectivity index is 2.48. The van der Waals surface area contributed by atoms with E-state index in [1.165, 1.54) is 0 Å². The Morgan fingerprint density at radius 2 is 1.89 bits per heavy atom. The average Bonchev–Trinajstić information content (AvgIpc) is 2.32. The molecule has 1 aromatic rings. The molecule has 1 aromatic carbocycles. The van der Waals surface area contributed by atoms with Crippen molar-refractivity contribution in [1.82, 2.24) is 0 Å². The summed E-state index contributed by atoms with van der Waals surface area (Å²) in [6.45, 7) is 10.0. The molecule has 1 rings (SSSR count). The van der Waals surface area contributed by atoms with Gasteiger partial charge in [0.25, 0.3) is 0 Å². The molecule has 0 atom stereocenters. The molecule has 0 amide bonds. The third kappa shape index (κ3) is 5.54. The number of hydrogen-bond acceptors (Lipinski definition) is 3. The molecule has 108 valence electrons. The van der Waals surface area contributed by atoms with Gasteiger partial charge in [0, 0.05) is 24.7 Å². The third-order valence-corrected chi connectivity index (χ3v) is 5.37. The predicted octanol–water partition coefficient (Wildman–Crippen LogP) is 4.46. The maximum Gasteiger partial charge on any atom is 0.189 e. The van der Waals surface area contributed by atoms with Crippen LogP contribution in [0, 0.1) is 6.92 Å². The first-order valence-corrected chi connectivity index (χ1v) is 10.9. The van der Waals surface area contributed by atoms with Gasteiger partial charge in [-0.1, -0.05) is 35.6 Å². The molecule has 0 fully saturated rings. The third-order valence-electron chi connectivity index (χ3n) is 2.80. The fraction of sp³-hybridized carbons (Fsp3) is 0.571. The van der Waals surface area contributed by atoms with E-state index in [2.05, 4.69) is 35.6 Å². The van der Waals surface area contributed by atoms with Gasteiger partial charge >= 0.3 is 0 Å². The molecular formula is C14H23BrO3Si. The van der Waals surface area contributed by atoms with Crippen LogP contribution in [-0.4, -0.2) is 28.6 Å². The molecule has 0 aliphatic rings. The van der Waals surface area contributed by atoms with Gasteiger partial charge in [0.2, 0.25) is 0 Å². The van der Waals surface area contributed by atoms with Crippen molar-refractivity contribution in [3.63, 3.8) is 0 Å². The normalized spacial score (nSPS) is 11.5. The zero-order valence-electron chi connectivity index (χ0n) is 12.4. The quantitative estimate of drug-likeness (QED) is 0.414. The molecular weight excluding hydrogens is 324 g/mol. The monoisotopic (exact) mass is 346 g/mol. The Hall–Kier alpha value is -0.523. The zero-order chi connectivity index (χ0) is 14.5. The van der Waals surface area contributed by atoms with E-state index in [0.717, 1.165) is 34.2 Å². The highest BCUT2D eigenvalue weighted by molar-refractivity contribution is 9.10. The highest BCUT2D eigenvalue weighted by Crippen LogP contribution is 2.35. The van der Waals surface area contributed by atoms with Crippen LogP contribution in [0.4, 0.5) is 0 Å². The lowest BCUT2D eigenvalue weighted by molar-refractivity contribution is 0.0205. The summed E-state index contributed by atoms with van der Waals surface area (Å²) in [6.07, 6.45) is 0. The van der Waals surface area contributed by atoms with Crippen molar-refractivity contribution >= 4 is 24.0 Å². The largest absolute Gasteiger partial charge is 0.493 e. The number of hydrogen-bond donors (Lipinski definition) is 0. The van der Waals surface area contributed by atoms with Crippen LogP contribution in [0.25, 0.3) is 0 Å². The minimum atomic E-state index is -1.03. The summed E-state index contributed by atoms with van der Waals surface area (Å²) >= 11 is 3.47. The lowest BCUT2D eigenvalue weighted by atomic mass is 10.2. The van der Waals surface area contributed by atoms with E-state index in [-0.39, 0.29) is 6.79 Å². The number of methoxy groups -OCH3 is 1. The second kappa shape index (κ2) is 7.31. The molecule has 0 aliphatic carbocycles. The fourth-order valence-corrected chi connectivity index (χ4v) is 2.62. The molecule has 0 saturated carbocycles. The van der Waals surface area contributed by atoms with E-state index in [9.17, 15) is 0 Å². The van der Waals surface area contributed by atoms with E-state index in [0.29, 0.717) is 0 Å². The van der Waals surface area contributed by atoms with Crippen LogP contribution in [0.5, 0.6) is 11.5 Å². The molecule has 0 spiro atoms. The molecule has 3 nitrogen and oxygen atoms in total. The first kappa shape index (κ1) is 16.5. The molecule has 0 N–H and O–H groups in total. The summed E-state index contributed by atoms with van der Waals surface area (Å²) in [5.74, 6) is 1.47. The first-order chi connectivity index (χ1) is 8.85. The molecule has 0 heterocycles. The van der Waals surface area contributed by atoms with Crippen LogP contribution in [0.3, 0.4) is 0 Å². The summed E-state index contributed by atoms with van der Waals surface area (Å²) < 4.78 is 17.5. The Kier molecular flexibility index (Phi) is 6.36. The van der Waals surface area contributed by atoms with Crippen LogP contribution < -0.4 is 9.47 Å². The lowest BCUT2D eigenvalue weighted by Gasteiger charge is -2.16. The minimum Gasteiger partial charge on any atom is -0.493 e. The van der Waals surface area contributed by atoms with Gasteiger partial charge in [-0.15, -0.1) is 0 Å². The predicted molar refractivity (Wildman–Crippen MR) is 85.0 cm³/mol. The molecule has 0 bridgehead atoms. The van der Waals surface area contributed by atoms with Gasteiger partial charge in [0.1, 0.15) is 0 Å². The fourth-order valence-electron chi connectivity index (χ4n) is 1.55. The Bertz CT molecular complexity index is 416. The molecule has 0 aliphatic heterocycles. The maximum atomic E-state index is 5.63. The summed E-state index contributed by atoms with van der Waals surface area (Å²) in [5, 5.41) is 0. The molecule has 5 heteroatoms. The number of benzene rings is 1. The van der Waals surface area contributed by atoms with E-state index >= 15 is 0 Å². The summed E-state index contributed by atoms with van der Waals surface area (Å²) in [5.41, 5.74) is 1.03. The van der Waals surface area contributed by atoms with Crippen LogP contribution in [0.1, 0.15) is 5.56 Å². The van der Waals surface area contributed by atoms with Crippen molar-refractivity contribution in [3.05, 3.63) is 22.2 Å². The van der Waals surface area contributed by atoms with Gasteiger partial charge in [-0.3, -0.25) is 0 Å². The average molecular weight is 347 g/mol. The van der Waals surface area contributed by atoms with Crippen molar-refractivity contribution in [2.75, 3.05) is 20.5 Å². The Morgan fingerprint density at radius 3 is 2.47 bits per heavy atom. The minimum absolute atomic E-state index is 0.266. The maximum absolute atomic E-state index is 5.63. The van der Waals surface area contributed by atoms with Gasteiger partial charge < -0.3 is 14.2 Å². The first-order valence-electron chi connectivity index (χ1n) is 6.39. The van der Waals surface area contributed by atoms with Crippen molar-refractivity contribution in [3.8, 4) is 11.5 Å². The van der Waals surface area contributed by atoms with Crippen molar-refractivity contribution in [2.24, 2.45) is 0 Å². The van der Waals surface area contributed by atoms with Crippen LogP contribution >= 0.6 is 15.9 Å².